The lowest BCUT2D eigenvalue weighted by atomic mass is 10.1. The van der Waals surface area contributed by atoms with Crippen molar-refractivity contribution in [1.29, 1.82) is 0 Å². The number of likely N-dealkylation sites (tertiary alicyclic amines) is 1. The third-order valence-corrected chi connectivity index (χ3v) is 4.04. The molecule has 0 bridgehead atoms. The fourth-order valence-corrected chi connectivity index (χ4v) is 2.61. The zero-order valence-electron chi connectivity index (χ0n) is 14.4. The molecule has 2 aromatic heterocycles. The Balaban J connectivity index is 1.69. The van der Waals surface area contributed by atoms with Crippen molar-refractivity contribution in [2.45, 2.75) is 6.04 Å². The minimum absolute atomic E-state index is 0.0244. The molecule has 1 aliphatic heterocycles. The first kappa shape index (κ1) is 17.6. The Labute approximate surface area is 150 Å². The average molecular weight is 355 g/mol. The number of carbonyl (C=O) groups excluding carboxylic acids is 1. The van der Waals surface area contributed by atoms with Crippen molar-refractivity contribution in [3.63, 3.8) is 0 Å². The summed E-state index contributed by atoms with van der Waals surface area (Å²) >= 11 is 0. The van der Waals surface area contributed by atoms with Crippen LogP contribution in [0.2, 0.25) is 0 Å². The van der Waals surface area contributed by atoms with Gasteiger partial charge in [0, 0.05) is 44.5 Å². The quantitative estimate of drug-likeness (QED) is 0.537. The molecule has 1 amide bonds. The molecule has 3 heterocycles. The van der Waals surface area contributed by atoms with Gasteiger partial charge in [-0.3, -0.25) is 14.6 Å². The van der Waals surface area contributed by atoms with Crippen molar-refractivity contribution >= 4 is 17.4 Å². The van der Waals surface area contributed by atoms with Crippen molar-refractivity contribution < 1.29 is 4.79 Å². The Hall–Kier alpha value is -3.20. The number of hydrogen-bond donors (Lipinski definition) is 4. The number of nitrogens with zero attached hydrogens (tertiary/aromatic N) is 3. The van der Waals surface area contributed by atoms with E-state index in [0.29, 0.717) is 36.8 Å². The molecule has 0 radical (unpaired) electrons. The minimum Gasteiger partial charge on any atom is -0.374 e. The van der Waals surface area contributed by atoms with Crippen LogP contribution in [-0.4, -0.2) is 58.5 Å². The predicted octanol–water partition coefficient (Wildman–Crippen LogP) is 0.0112. The highest BCUT2D eigenvalue weighted by Gasteiger charge is 2.29. The second-order valence-electron chi connectivity index (χ2n) is 5.89. The van der Waals surface area contributed by atoms with E-state index in [4.69, 9.17) is 5.73 Å². The molecule has 0 unspecified atom stereocenters. The molecular weight excluding hydrogens is 334 g/mol. The summed E-state index contributed by atoms with van der Waals surface area (Å²) in [6.07, 6.45) is 7.94. The van der Waals surface area contributed by atoms with Crippen LogP contribution in [0.3, 0.4) is 0 Å². The van der Waals surface area contributed by atoms with Crippen molar-refractivity contribution in [3.05, 3.63) is 47.2 Å². The Kier molecular flexibility index (Phi) is 5.28. The van der Waals surface area contributed by atoms with Gasteiger partial charge in [-0.05, 0) is 6.07 Å². The number of rotatable bonds is 6. The summed E-state index contributed by atoms with van der Waals surface area (Å²) in [6, 6.07) is 1.76. The van der Waals surface area contributed by atoms with Crippen molar-refractivity contribution in [3.8, 4) is 11.3 Å². The van der Waals surface area contributed by atoms with Crippen LogP contribution in [-0.2, 0) is 4.79 Å². The summed E-state index contributed by atoms with van der Waals surface area (Å²) in [5.74, 6) is 0.567. The SMILES string of the molecule is CNc1cncc(-c2c[nH]c(=O)c(NC3CN(C(=O)/C=C/CN)C3)c2)n1. The van der Waals surface area contributed by atoms with E-state index in [9.17, 15) is 9.59 Å². The molecule has 1 aliphatic rings. The molecule has 0 saturated carbocycles. The van der Waals surface area contributed by atoms with Crippen molar-refractivity contribution in [2.75, 3.05) is 37.3 Å². The van der Waals surface area contributed by atoms with Crippen molar-refractivity contribution in [1.82, 2.24) is 19.9 Å². The summed E-state index contributed by atoms with van der Waals surface area (Å²) in [5.41, 5.74) is 6.95. The van der Waals surface area contributed by atoms with E-state index < -0.39 is 0 Å². The summed E-state index contributed by atoms with van der Waals surface area (Å²) in [5, 5.41) is 6.11. The van der Waals surface area contributed by atoms with Crippen LogP contribution in [0, 0.1) is 0 Å². The molecule has 0 aromatic carbocycles. The number of carbonyl (C=O) groups is 1. The maximum absolute atomic E-state index is 12.1. The summed E-state index contributed by atoms with van der Waals surface area (Å²) in [4.78, 5) is 36.8. The molecule has 3 rings (SSSR count). The van der Waals surface area contributed by atoms with Gasteiger partial charge in [0.25, 0.3) is 5.56 Å². The molecule has 0 aliphatic carbocycles. The topological polar surface area (TPSA) is 129 Å². The molecular formula is C17H21N7O2. The first-order valence-corrected chi connectivity index (χ1v) is 8.25. The summed E-state index contributed by atoms with van der Waals surface area (Å²) in [7, 11) is 1.76. The molecule has 136 valence electrons. The van der Waals surface area contributed by atoms with Gasteiger partial charge in [-0.1, -0.05) is 6.08 Å². The Morgan fingerprint density at radius 2 is 2.27 bits per heavy atom. The smallest absolute Gasteiger partial charge is 0.271 e. The highest BCUT2D eigenvalue weighted by atomic mass is 16.2. The van der Waals surface area contributed by atoms with Crippen molar-refractivity contribution in [2.24, 2.45) is 5.73 Å². The summed E-state index contributed by atoms with van der Waals surface area (Å²) < 4.78 is 0. The first-order valence-electron chi connectivity index (χ1n) is 8.25. The van der Waals surface area contributed by atoms with Crippen LogP contribution in [0.4, 0.5) is 11.5 Å². The van der Waals surface area contributed by atoms with Crippen LogP contribution >= 0.6 is 0 Å². The number of pyridine rings is 1. The number of aromatic nitrogens is 3. The third-order valence-electron chi connectivity index (χ3n) is 4.04. The normalized spacial score (nSPS) is 14.3. The number of amides is 1. The fraction of sp³-hybridized carbons (Fsp3) is 0.294. The van der Waals surface area contributed by atoms with Gasteiger partial charge in [-0.2, -0.15) is 0 Å². The molecule has 9 nitrogen and oxygen atoms in total. The van der Waals surface area contributed by atoms with Crippen LogP contribution < -0.4 is 21.9 Å². The highest BCUT2D eigenvalue weighted by molar-refractivity contribution is 5.88. The molecule has 1 saturated heterocycles. The Bertz CT molecular complexity index is 871. The third kappa shape index (κ3) is 3.89. The monoisotopic (exact) mass is 355 g/mol. The van der Waals surface area contributed by atoms with E-state index in [0.717, 1.165) is 5.56 Å². The number of H-pyrrole nitrogens is 1. The van der Waals surface area contributed by atoms with E-state index in [1.165, 1.54) is 6.08 Å². The molecule has 2 aromatic rings. The second kappa shape index (κ2) is 7.79. The van der Waals surface area contributed by atoms with Gasteiger partial charge >= 0.3 is 0 Å². The fourth-order valence-electron chi connectivity index (χ4n) is 2.61. The van der Waals surface area contributed by atoms with Crippen LogP contribution in [0.25, 0.3) is 11.3 Å². The van der Waals surface area contributed by atoms with Gasteiger partial charge in [0.05, 0.1) is 24.1 Å². The number of aromatic amines is 1. The van der Waals surface area contributed by atoms with E-state index in [-0.39, 0.29) is 17.5 Å². The van der Waals surface area contributed by atoms with Gasteiger partial charge in [-0.25, -0.2) is 4.98 Å². The molecule has 0 spiro atoms. The standard InChI is InChI=1S/C17H21N7O2/c1-19-15-8-20-7-14(23-15)11-5-13(17(26)21-6-11)22-12-9-24(10-12)16(25)3-2-4-18/h2-3,5-8,12,22H,4,9-10,18H2,1H3,(H,19,23)(H,21,26)/b3-2+. The lowest BCUT2D eigenvalue weighted by molar-refractivity contribution is -0.129. The zero-order chi connectivity index (χ0) is 18.5. The largest absolute Gasteiger partial charge is 0.374 e. The van der Waals surface area contributed by atoms with E-state index in [1.54, 1.807) is 42.7 Å². The average Bonchev–Trinajstić information content (AvgIpc) is 2.63. The summed E-state index contributed by atoms with van der Waals surface area (Å²) in [6.45, 7) is 1.40. The lowest BCUT2D eigenvalue weighted by Gasteiger charge is -2.39. The molecule has 26 heavy (non-hydrogen) atoms. The van der Waals surface area contributed by atoms with Gasteiger partial charge in [0.2, 0.25) is 5.91 Å². The first-order chi connectivity index (χ1) is 12.6. The maximum Gasteiger partial charge on any atom is 0.271 e. The van der Waals surface area contributed by atoms with Gasteiger partial charge in [0.1, 0.15) is 11.5 Å². The lowest BCUT2D eigenvalue weighted by Crippen LogP contribution is -2.57. The second-order valence-corrected chi connectivity index (χ2v) is 5.89. The molecule has 9 heteroatoms. The van der Waals surface area contributed by atoms with E-state index in [1.807, 2.05) is 0 Å². The number of nitrogens with two attached hydrogens (primary N) is 1. The number of anilines is 2. The molecule has 1 fully saturated rings. The zero-order valence-corrected chi connectivity index (χ0v) is 14.4. The van der Waals surface area contributed by atoms with Gasteiger partial charge in [0.15, 0.2) is 0 Å². The number of hydrogen-bond acceptors (Lipinski definition) is 7. The maximum atomic E-state index is 12.1. The Morgan fingerprint density at radius 3 is 3.00 bits per heavy atom. The molecule has 5 N–H and O–H groups in total. The van der Waals surface area contributed by atoms with Crippen LogP contribution in [0.15, 0.2) is 41.6 Å². The molecule has 0 atom stereocenters. The number of nitrogens with one attached hydrogen (secondary N) is 3. The van der Waals surface area contributed by atoms with Gasteiger partial charge in [-0.15, -0.1) is 0 Å². The van der Waals surface area contributed by atoms with E-state index in [2.05, 4.69) is 25.6 Å². The Morgan fingerprint density at radius 1 is 1.46 bits per heavy atom. The van der Waals surface area contributed by atoms with Gasteiger partial charge < -0.3 is 26.3 Å². The highest BCUT2D eigenvalue weighted by Crippen LogP contribution is 2.20. The minimum atomic E-state index is -0.223. The van der Waals surface area contributed by atoms with Crippen LogP contribution in [0.1, 0.15) is 0 Å². The van der Waals surface area contributed by atoms with E-state index >= 15 is 0 Å². The predicted molar refractivity (Wildman–Crippen MR) is 99.8 cm³/mol. The van der Waals surface area contributed by atoms with Crippen LogP contribution in [0.5, 0.6) is 0 Å².